The van der Waals surface area contributed by atoms with Crippen LogP contribution in [-0.4, -0.2) is 76.8 Å². The van der Waals surface area contributed by atoms with Gasteiger partial charge in [0.1, 0.15) is 34.2 Å². The van der Waals surface area contributed by atoms with E-state index in [9.17, 15) is 28.8 Å². The van der Waals surface area contributed by atoms with Crippen molar-refractivity contribution in [2.75, 3.05) is 18.5 Å². The Morgan fingerprint density at radius 1 is 0.556 bits per heavy atom. The molecule has 0 rings (SSSR count). The number of halogens is 1. The van der Waals surface area contributed by atoms with E-state index in [0.717, 1.165) is 0 Å². The second-order valence-electron chi connectivity index (χ2n) is 12.9. The topological polar surface area (TPSA) is 158 Å². The number of rotatable bonds is 9. The minimum atomic E-state index is -1.32. The SMILES string of the molecule is C.CC(C)(C)OC(=O)CC(=O)OC(C)(C)C.CCOC(=O)CBr.CCOC(=O)CC(C(=O)OC(C)(C)C)C(=O)OC(C)(C)C.[H-].[Na+]. The van der Waals surface area contributed by atoms with Gasteiger partial charge in [-0.15, -0.1) is 0 Å². The average molecular weight is 726 g/mol. The summed E-state index contributed by atoms with van der Waals surface area (Å²) in [5.74, 6) is -4.85. The van der Waals surface area contributed by atoms with Crippen LogP contribution in [0.1, 0.15) is 119 Å². The molecule has 0 aliphatic heterocycles. The van der Waals surface area contributed by atoms with E-state index >= 15 is 0 Å². The summed E-state index contributed by atoms with van der Waals surface area (Å²) in [5, 5.41) is 0.292. The van der Waals surface area contributed by atoms with Gasteiger partial charge in [-0.1, -0.05) is 23.4 Å². The van der Waals surface area contributed by atoms with Gasteiger partial charge in [-0.25, -0.2) is 0 Å². The van der Waals surface area contributed by atoms with Gasteiger partial charge in [0.05, 0.1) is 19.6 Å². The van der Waals surface area contributed by atoms with Gasteiger partial charge in [0.25, 0.3) is 0 Å². The first kappa shape index (κ1) is 52.8. The maximum absolute atomic E-state index is 12.1. The van der Waals surface area contributed by atoms with Crippen molar-refractivity contribution in [1.82, 2.24) is 0 Å². The number of esters is 6. The summed E-state index contributed by atoms with van der Waals surface area (Å²) >= 11 is 2.94. The van der Waals surface area contributed by atoms with E-state index in [4.69, 9.17) is 23.7 Å². The maximum atomic E-state index is 12.1. The van der Waals surface area contributed by atoms with Gasteiger partial charge in [0.2, 0.25) is 0 Å². The molecule has 0 heterocycles. The third-order valence-corrected chi connectivity index (χ3v) is 4.06. The van der Waals surface area contributed by atoms with Gasteiger partial charge >= 0.3 is 65.4 Å². The molecule has 0 atom stereocenters. The standard InChI is InChI=1S/C15H26O6.C11H20O4.C4H7BrO2.CH4.Na.H/c1-8-19-11(16)9-10(12(17)20-14(2,3)4)13(18)21-15(5,6)7;1-10(2,3)14-8(12)7-9(13)15-11(4,5)6;1-2-7-4(6)3-5;;;/h10H,8-9H2,1-7H3;7H2,1-6H3;2-3H2,1H3;1H4;;/q;;;;+1;-1. The second-order valence-corrected chi connectivity index (χ2v) is 13.5. The molecule has 12 nitrogen and oxygen atoms in total. The monoisotopic (exact) mass is 724 g/mol. The molecule has 0 bridgehead atoms. The van der Waals surface area contributed by atoms with Gasteiger partial charge in [-0.05, 0) is 96.9 Å². The zero-order valence-corrected chi connectivity index (χ0v) is 33.0. The number of alkyl halides is 1. The van der Waals surface area contributed by atoms with Crippen LogP contribution in [-0.2, 0) is 57.2 Å². The average Bonchev–Trinajstić information content (AvgIpc) is 2.73. The van der Waals surface area contributed by atoms with Crippen LogP contribution in [0.25, 0.3) is 0 Å². The molecule has 0 aromatic carbocycles. The molecule has 0 saturated heterocycles. The number of carbonyl (C=O) groups excluding carboxylic acids is 6. The van der Waals surface area contributed by atoms with E-state index in [1.807, 2.05) is 0 Å². The molecule has 0 saturated carbocycles. The summed E-state index contributed by atoms with van der Waals surface area (Å²) in [7, 11) is 0. The smallest absolute Gasteiger partial charge is 1.00 e. The Morgan fingerprint density at radius 3 is 1.07 bits per heavy atom. The Balaban J connectivity index is -0.000000141. The molecule has 14 heteroatoms. The fraction of sp³-hybridized carbons (Fsp3) is 0.806. The first-order valence-electron chi connectivity index (χ1n) is 13.9. The second kappa shape index (κ2) is 24.5. The molecule has 0 aromatic rings. The van der Waals surface area contributed by atoms with E-state index in [-0.39, 0.29) is 57.4 Å². The molecule has 0 fully saturated rings. The van der Waals surface area contributed by atoms with Crippen molar-refractivity contribution in [2.24, 2.45) is 5.92 Å². The molecule has 0 N–H and O–H groups in total. The molecule has 0 unspecified atom stereocenters. The predicted molar refractivity (Wildman–Crippen MR) is 171 cm³/mol. The van der Waals surface area contributed by atoms with E-state index in [2.05, 4.69) is 20.7 Å². The Morgan fingerprint density at radius 2 is 0.844 bits per heavy atom. The first-order chi connectivity index (χ1) is 19.2. The zero-order chi connectivity index (χ0) is 34.8. The van der Waals surface area contributed by atoms with Crippen LogP contribution in [0.2, 0.25) is 0 Å². The maximum Gasteiger partial charge on any atom is 1.00 e. The van der Waals surface area contributed by atoms with Crippen LogP contribution in [0.4, 0.5) is 0 Å². The summed E-state index contributed by atoms with van der Waals surface area (Å²) in [6.07, 6.45) is -0.730. The van der Waals surface area contributed by atoms with Gasteiger partial charge < -0.3 is 29.8 Å². The Kier molecular flexibility index (Phi) is 28.7. The Labute approximate surface area is 302 Å². The minimum absolute atomic E-state index is 0. The Bertz CT molecular complexity index is 860. The van der Waals surface area contributed by atoms with Crippen molar-refractivity contribution in [3.05, 3.63) is 0 Å². The summed E-state index contributed by atoms with van der Waals surface area (Å²) in [4.78, 5) is 68.4. The van der Waals surface area contributed by atoms with Crippen LogP contribution in [0, 0.1) is 5.92 Å². The van der Waals surface area contributed by atoms with Crippen LogP contribution < -0.4 is 29.6 Å². The van der Waals surface area contributed by atoms with Crippen molar-refractivity contribution in [3.8, 4) is 0 Å². The van der Waals surface area contributed by atoms with Gasteiger partial charge in [0, 0.05) is 0 Å². The largest absolute Gasteiger partial charge is 1.00 e. The predicted octanol–water partition coefficient (Wildman–Crippen LogP) is 3.00. The summed E-state index contributed by atoms with van der Waals surface area (Å²) in [6, 6.07) is 0. The van der Waals surface area contributed by atoms with E-state index in [0.29, 0.717) is 11.9 Å². The minimum Gasteiger partial charge on any atom is -1.00 e. The molecular formula is C31H58BrNaO12. The van der Waals surface area contributed by atoms with E-state index < -0.39 is 64.6 Å². The molecule has 0 aliphatic rings. The van der Waals surface area contributed by atoms with Crippen LogP contribution in [0.15, 0.2) is 0 Å². The third-order valence-electron chi connectivity index (χ3n) is 3.60. The number of hydrogen-bond donors (Lipinski definition) is 0. The van der Waals surface area contributed by atoms with Gasteiger partial charge in [-0.3, -0.25) is 28.8 Å². The van der Waals surface area contributed by atoms with Crippen molar-refractivity contribution in [3.63, 3.8) is 0 Å². The van der Waals surface area contributed by atoms with Crippen LogP contribution in [0.3, 0.4) is 0 Å². The third kappa shape index (κ3) is 38.4. The molecule has 0 radical (unpaired) electrons. The summed E-state index contributed by atoms with van der Waals surface area (Å²) < 4.78 is 29.6. The molecular weight excluding hydrogens is 667 g/mol. The molecule has 262 valence electrons. The molecule has 0 spiro atoms. The number of carbonyl (C=O) groups is 6. The zero-order valence-electron chi connectivity index (χ0n) is 30.4. The quantitative estimate of drug-likeness (QED) is 0.113. The number of ether oxygens (including phenoxy) is 6. The van der Waals surface area contributed by atoms with Crippen molar-refractivity contribution in [1.29, 1.82) is 0 Å². The van der Waals surface area contributed by atoms with Gasteiger partial charge in [-0.2, -0.15) is 0 Å². The Hall–Kier alpha value is -1.70. The normalized spacial score (nSPS) is 10.9. The molecule has 0 aliphatic carbocycles. The van der Waals surface area contributed by atoms with Crippen molar-refractivity contribution in [2.45, 2.75) is 140 Å². The number of hydrogen-bond acceptors (Lipinski definition) is 12. The van der Waals surface area contributed by atoms with Crippen molar-refractivity contribution < 1.29 is 88.2 Å². The fourth-order valence-electron chi connectivity index (χ4n) is 2.47. The van der Waals surface area contributed by atoms with E-state index in [1.165, 1.54) is 0 Å². The van der Waals surface area contributed by atoms with E-state index in [1.54, 1.807) is 96.9 Å². The molecule has 45 heavy (non-hydrogen) atoms. The first-order valence-corrected chi connectivity index (χ1v) is 15.0. The van der Waals surface area contributed by atoms with Crippen LogP contribution in [0.5, 0.6) is 0 Å². The summed E-state index contributed by atoms with van der Waals surface area (Å²) in [6.45, 7) is 24.7. The van der Waals surface area contributed by atoms with Crippen molar-refractivity contribution >= 4 is 51.7 Å². The summed E-state index contributed by atoms with van der Waals surface area (Å²) in [5.41, 5.74) is -2.66. The van der Waals surface area contributed by atoms with Crippen LogP contribution >= 0.6 is 15.9 Å². The fourth-order valence-corrected chi connectivity index (χ4v) is 2.63. The molecule has 0 aromatic heterocycles. The van der Waals surface area contributed by atoms with Gasteiger partial charge in [0.15, 0.2) is 5.92 Å². The molecule has 0 amide bonds.